The van der Waals surface area contributed by atoms with Gasteiger partial charge in [-0.05, 0) is 12.1 Å². The maximum Gasteiger partial charge on any atom is 0.328 e. The second-order valence-corrected chi connectivity index (χ2v) is 4.31. The Morgan fingerprint density at radius 1 is 1.14 bits per heavy atom. The van der Waals surface area contributed by atoms with Crippen molar-refractivity contribution in [2.24, 2.45) is 0 Å². The van der Waals surface area contributed by atoms with Gasteiger partial charge >= 0.3 is 11.7 Å². The first-order valence-corrected chi connectivity index (χ1v) is 6.35. The molecule has 22 heavy (non-hydrogen) atoms. The normalized spacial score (nSPS) is 10.0. The van der Waals surface area contributed by atoms with Gasteiger partial charge in [0.2, 0.25) is 0 Å². The van der Waals surface area contributed by atoms with Crippen LogP contribution in [0.1, 0.15) is 0 Å². The molecule has 0 fully saturated rings. The Labute approximate surface area is 124 Å². The molecule has 0 bridgehead atoms. The van der Waals surface area contributed by atoms with Crippen molar-refractivity contribution in [3.63, 3.8) is 0 Å². The number of hydrogen-bond donors (Lipinski definition) is 2. The number of H-pyrrole nitrogens is 1. The predicted octanol–water partition coefficient (Wildman–Crippen LogP) is -0.282. The van der Waals surface area contributed by atoms with Crippen molar-refractivity contribution in [2.75, 3.05) is 11.9 Å². The van der Waals surface area contributed by atoms with E-state index in [1.54, 1.807) is 30.3 Å². The fourth-order valence-corrected chi connectivity index (χ4v) is 1.62. The second-order valence-electron chi connectivity index (χ2n) is 4.31. The molecule has 0 aliphatic rings. The van der Waals surface area contributed by atoms with Crippen molar-refractivity contribution in [3.05, 3.63) is 63.4 Å². The molecule has 2 N–H and O–H groups in total. The molecule has 1 heterocycles. The number of rotatable bonds is 5. The topological polar surface area (TPSA) is 110 Å². The average molecular weight is 303 g/mol. The number of carbonyl (C=O) groups excluding carboxylic acids is 2. The van der Waals surface area contributed by atoms with Crippen LogP contribution < -0.4 is 16.6 Å². The standard InChI is InChI=1S/C14H13N3O5/c18-11-6-7-17(14(21)16-11)8-13(20)22-9-12(19)15-10-4-2-1-3-5-10/h1-7H,8-9H2,(H,15,19)(H,16,18,21). The second kappa shape index (κ2) is 7.02. The van der Waals surface area contributed by atoms with E-state index < -0.39 is 36.3 Å². The summed E-state index contributed by atoms with van der Waals surface area (Å²) in [6, 6.07) is 9.81. The number of aromatic amines is 1. The summed E-state index contributed by atoms with van der Waals surface area (Å²) in [5.41, 5.74) is -0.699. The summed E-state index contributed by atoms with van der Waals surface area (Å²) >= 11 is 0. The maximum atomic E-state index is 11.6. The summed E-state index contributed by atoms with van der Waals surface area (Å²) in [4.78, 5) is 47.4. The van der Waals surface area contributed by atoms with Crippen LogP contribution in [0.2, 0.25) is 0 Å². The molecule has 114 valence electrons. The number of nitrogens with zero attached hydrogens (tertiary/aromatic N) is 1. The molecule has 0 aliphatic heterocycles. The Morgan fingerprint density at radius 2 is 1.86 bits per heavy atom. The highest BCUT2D eigenvalue weighted by molar-refractivity contribution is 5.92. The SMILES string of the molecule is O=C(COC(=O)Cn1ccc(=O)[nH]c1=O)Nc1ccccc1. The van der Waals surface area contributed by atoms with Crippen LogP contribution in [0.5, 0.6) is 0 Å². The lowest BCUT2D eigenvalue weighted by Gasteiger charge is -2.07. The number of nitrogens with one attached hydrogen (secondary N) is 2. The molecule has 0 spiro atoms. The zero-order chi connectivity index (χ0) is 15.9. The highest BCUT2D eigenvalue weighted by atomic mass is 16.5. The molecule has 2 rings (SSSR count). The predicted molar refractivity (Wildman–Crippen MR) is 77.4 cm³/mol. The van der Waals surface area contributed by atoms with Gasteiger partial charge in [0.15, 0.2) is 6.61 Å². The lowest BCUT2D eigenvalue weighted by Crippen LogP contribution is -2.32. The van der Waals surface area contributed by atoms with Gasteiger partial charge in [0.1, 0.15) is 6.54 Å². The molecule has 8 heteroatoms. The molecule has 0 saturated carbocycles. The van der Waals surface area contributed by atoms with E-state index in [1.807, 2.05) is 4.98 Å². The zero-order valence-corrected chi connectivity index (χ0v) is 11.4. The number of para-hydroxylation sites is 1. The van der Waals surface area contributed by atoms with Crippen molar-refractivity contribution in [1.29, 1.82) is 0 Å². The van der Waals surface area contributed by atoms with Gasteiger partial charge in [0, 0.05) is 18.0 Å². The van der Waals surface area contributed by atoms with Gasteiger partial charge in [-0.3, -0.25) is 23.9 Å². The van der Waals surface area contributed by atoms with Crippen LogP contribution in [0.15, 0.2) is 52.2 Å². The molecule has 0 unspecified atom stereocenters. The first-order valence-electron chi connectivity index (χ1n) is 6.35. The average Bonchev–Trinajstić information content (AvgIpc) is 2.49. The molecular formula is C14H13N3O5. The molecular weight excluding hydrogens is 290 g/mol. The van der Waals surface area contributed by atoms with E-state index in [-0.39, 0.29) is 0 Å². The number of esters is 1. The molecule has 8 nitrogen and oxygen atoms in total. The Bertz CT molecular complexity index is 779. The van der Waals surface area contributed by atoms with Crippen molar-refractivity contribution in [2.45, 2.75) is 6.54 Å². The molecule has 0 radical (unpaired) electrons. The summed E-state index contributed by atoms with van der Waals surface area (Å²) in [5.74, 6) is -1.26. The lowest BCUT2D eigenvalue weighted by atomic mass is 10.3. The minimum absolute atomic E-state index is 0.395. The smallest absolute Gasteiger partial charge is 0.328 e. The van der Waals surface area contributed by atoms with Gasteiger partial charge in [-0.25, -0.2) is 4.79 Å². The van der Waals surface area contributed by atoms with E-state index in [1.165, 1.54) is 6.20 Å². The third-order valence-electron chi connectivity index (χ3n) is 2.62. The van der Waals surface area contributed by atoms with Gasteiger partial charge in [0.25, 0.3) is 11.5 Å². The lowest BCUT2D eigenvalue weighted by molar-refractivity contribution is -0.148. The molecule has 1 aromatic carbocycles. The number of hydrogen-bond acceptors (Lipinski definition) is 5. The number of carbonyl (C=O) groups is 2. The van der Waals surface area contributed by atoms with Gasteiger partial charge in [-0.1, -0.05) is 18.2 Å². The minimum Gasteiger partial charge on any atom is -0.454 e. The summed E-state index contributed by atoms with van der Waals surface area (Å²) in [6.45, 7) is -0.861. The van der Waals surface area contributed by atoms with Gasteiger partial charge in [-0.2, -0.15) is 0 Å². The van der Waals surface area contributed by atoms with E-state index in [9.17, 15) is 19.2 Å². The highest BCUT2D eigenvalue weighted by Gasteiger charge is 2.09. The van der Waals surface area contributed by atoms with Crippen molar-refractivity contribution in [1.82, 2.24) is 9.55 Å². The van der Waals surface area contributed by atoms with E-state index >= 15 is 0 Å². The van der Waals surface area contributed by atoms with E-state index in [0.717, 1.165) is 10.6 Å². The molecule has 1 aromatic heterocycles. The van der Waals surface area contributed by atoms with Crippen LogP contribution in [-0.4, -0.2) is 28.0 Å². The van der Waals surface area contributed by atoms with E-state index in [4.69, 9.17) is 4.74 Å². The fraction of sp³-hybridized carbons (Fsp3) is 0.143. The van der Waals surface area contributed by atoms with Crippen LogP contribution in [-0.2, 0) is 20.9 Å². The zero-order valence-electron chi connectivity index (χ0n) is 11.4. The summed E-state index contributed by atoms with van der Waals surface area (Å²) in [6.07, 6.45) is 1.17. The van der Waals surface area contributed by atoms with Crippen LogP contribution >= 0.6 is 0 Å². The third-order valence-corrected chi connectivity index (χ3v) is 2.62. The van der Waals surface area contributed by atoms with Gasteiger partial charge in [0.05, 0.1) is 0 Å². The van der Waals surface area contributed by atoms with Crippen LogP contribution in [0, 0.1) is 0 Å². The maximum absolute atomic E-state index is 11.6. The number of anilines is 1. The Kier molecular flexibility index (Phi) is 4.86. The molecule has 0 saturated heterocycles. The molecule has 2 aromatic rings. The molecule has 0 atom stereocenters. The van der Waals surface area contributed by atoms with Gasteiger partial charge < -0.3 is 10.1 Å². The summed E-state index contributed by atoms with van der Waals surface area (Å²) in [5, 5.41) is 2.55. The van der Waals surface area contributed by atoms with Crippen molar-refractivity contribution < 1.29 is 14.3 Å². The summed E-state index contributed by atoms with van der Waals surface area (Å²) < 4.78 is 5.73. The monoisotopic (exact) mass is 303 g/mol. The Balaban J connectivity index is 1.84. The van der Waals surface area contributed by atoms with Gasteiger partial charge in [-0.15, -0.1) is 0 Å². The Morgan fingerprint density at radius 3 is 2.55 bits per heavy atom. The largest absolute Gasteiger partial charge is 0.454 e. The first-order chi connectivity index (χ1) is 10.5. The Hall–Kier alpha value is -3.16. The van der Waals surface area contributed by atoms with E-state index in [0.29, 0.717) is 5.69 Å². The summed E-state index contributed by atoms with van der Waals surface area (Å²) in [7, 11) is 0. The number of ether oxygens (including phenoxy) is 1. The minimum atomic E-state index is -0.766. The fourth-order valence-electron chi connectivity index (χ4n) is 1.62. The highest BCUT2D eigenvalue weighted by Crippen LogP contribution is 2.04. The van der Waals surface area contributed by atoms with Crippen molar-refractivity contribution >= 4 is 17.6 Å². The van der Waals surface area contributed by atoms with Crippen molar-refractivity contribution in [3.8, 4) is 0 Å². The molecule has 0 aliphatic carbocycles. The van der Waals surface area contributed by atoms with Crippen LogP contribution in [0.4, 0.5) is 5.69 Å². The number of amides is 1. The number of benzene rings is 1. The van der Waals surface area contributed by atoms with Crippen LogP contribution in [0.3, 0.4) is 0 Å². The van der Waals surface area contributed by atoms with Crippen LogP contribution in [0.25, 0.3) is 0 Å². The van der Waals surface area contributed by atoms with E-state index in [2.05, 4.69) is 5.32 Å². The number of aromatic nitrogens is 2. The first kappa shape index (κ1) is 15.2. The molecule has 1 amide bonds. The quantitative estimate of drug-likeness (QED) is 0.738. The third kappa shape index (κ3) is 4.44.